The maximum Gasteiger partial charge on any atom is 0.332 e. The highest BCUT2D eigenvalue weighted by Crippen LogP contribution is 2.33. The number of aliphatic hydroxyl groups excluding tert-OH is 1. The van der Waals surface area contributed by atoms with Gasteiger partial charge in [0.15, 0.2) is 6.10 Å². The van der Waals surface area contributed by atoms with Crippen molar-refractivity contribution in [3.8, 4) is 0 Å². The molecule has 0 bridgehead atoms. The Morgan fingerprint density at radius 1 is 1.23 bits per heavy atom. The second kappa shape index (κ2) is 12.9. The SMILES string of the molecule is CCCCC[C@@H](C)C/C=C/[C@H]1CCC(=O)[C@@H]1C/C=C\CCC(O)C(=O)O. The minimum atomic E-state index is -1.30. The van der Waals surface area contributed by atoms with E-state index in [-0.39, 0.29) is 12.3 Å². The standard InChI is InChI=1S/C22H36O4/c1-3-4-6-10-17(2)11-9-12-18-15-16-20(23)19(18)13-7-5-8-14-21(24)22(25)26/h5,7,9,12,17-19,21,24H,3-4,6,8,10-11,13-16H2,1-2H3,(H,25,26)/b7-5-,12-9+/t17-,18+,19-,21?/m1/s1. The van der Waals surface area contributed by atoms with Gasteiger partial charge >= 0.3 is 5.97 Å². The van der Waals surface area contributed by atoms with Crippen LogP contribution >= 0.6 is 0 Å². The summed E-state index contributed by atoms with van der Waals surface area (Å²) in [5, 5.41) is 17.9. The first kappa shape index (κ1) is 22.6. The van der Waals surface area contributed by atoms with Crippen molar-refractivity contribution in [2.75, 3.05) is 0 Å². The Morgan fingerprint density at radius 3 is 2.69 bits per heavy atom. The van der Waals surface area contributed by atoms with Crippen LogP contribution < -0.4 is 0 Å². The summed E-state index contributed by atoms with van der Waals surface area (Å²) < 4.78 is 0. The van der Waals surface area contributed by atoms with Crippen molar-refractivity contribution in [1.29, 1.82) is 0 Å². The number of carbonyl (C=O) groups is 2. The maximum absolute atomic E-state index is 12.1. The molecule has 0 aromatic carbocycles. The van der Waals surface area contributed by atoms with Gasteiger partial charge < -0.3 is 10.2 Å². The van der Waals surface area contributed by atoms with Gasteiger partial charge in [-0.2, -0.15) is 0 Å². The lowest BCUT2D eigenvalue weighted by Crippen LogP contribution is -2.18. The van der Waals surface area contributed by atoms with Crippen molar-refractivity contribution in [1.82, 2.24) is 0 Å². The van der Waals surface area contributed by atoms with Gasteiger partial charge in [0.1, 0.15) is 5.78 Å². The highest BCUT2D eigenvalue weighted by Gasteiger charge is 2.31. The fourth-order valence-electron chi connectivity index (χ4n) is 3.56. The number of aliphatic carboxylic acids is 1. The van der Waals surface area contributed by atoms with Gasteiger partial charge in [-0.05, 0) is 43.9 Å². The molecule has 0 saturated heterocycles. The molecule has 4 atom stereocenters. The highest BCUT2D eigenvalue weighted by molar-refractivity contribution is 5.83. The molecule has 0 radical (unpaired) electrons. The third-order valence-corrected chi connectivity index (χ3v) is 5.33. The first-order valence-corrected chi connectivity index (χ1v) is 10.2. The molecular formula is C22H36O4. The second-order valence-electron chi connectivity index (χ2n) is 7.68. The quantitative estimate of drug-likeness (QED) is 0.359. The number of carboxylic acid groups (broad SMARTS) is 1. The van der Waals surface area contributed by atoms with E-state index in [1.54, 1.807) is 0 Å². The molecule has 1 aliphatic rings. The molecule has 0 spiro atoms. The number of carbonyl (C=O) groups excluding carboxylic acids is 1. The number of aliphatic hydroxyl groups is 1. The third kappa shape index (κ3) is 8.79. The zero-order valence-electron chi connectivity index (χ0n) is 16.4. The van der Waals surface area contributed by atoms with Crippen molar-refractivity contribution in [3.63, 3.8) is 0 Å². The molecule has 0 heterocycles. The van der Waals surface area contributed by atoms with Crippen molar-refractivity contribution in [3.05, 3.63) is 24.3 Å². The van der Waals surface area contributed by atoms with E-state index in [0.29, 0.717) is 36.9 Å². The van der Waals surface area contributed by atoms with Gasteiger partial charge in [0.2, 0.25) is 0 Å². The first-order valence-electron chi connectivity index (χ1n) is 10.2. The Morgan fingerprint density at radius 2 is 2.00 bits per heavy atom. The lowest BCUT2D eigenvalue weighted by Gasteiger charge is -2.13. The Balaban J connectivity index is 2.35. The largest absolute Gasteiger partial charge is 0.479 e. The number of ketones is 1. The van der Waals surface area contributed by atoms with Crippen LogP contribution in [-0.2, 0) is 9.59 Å². The van der Waals surface area contributed by atoms with E-state index < -0.39 is 12.1 Å². The van der Waals surface area contributed by atoms with Crippen LogP contribution in [0.3, 0.4) is 0 Å². The highest BCUT2D eigenvalue weighted by atomic mass is 16.4. The number of carboxylic acids is 1. The van der Waals surface area contributed by atoms with E-state index in [2.05, 4.69) is 26.0 Å². The molecule has 0 aromatic heterocycles. The van der Waals surface area contributed by atoms with Crippen molar-refractivity contribution < 1.29 is 19.8 Å². The monoisotopic (exact) mass is 364 g/mol. The zero-order chi connectivity index (χ0) is 19.4. The number of unbranched alkanes of at least 4 members (excludes halogenated alkanes) is 2. The maximum atomic E-state index is 12.1. The van der Waals surface area contributed by atoms with E-state index >= 15 is 0 Å². The molecule has 2 N–H and O–H groups in total. The molecule has 4 heteroatoms. The summed E-state index contributed by atoms with van der Waals surface area (Å²) in [4.78, 5) is 22.7. The molecule has 0 amide bonds. The van der Waals surface area contributed by atoms with Crippen LogP contribution in [-0.4, -0.2) is 28.1 Å². The van der Waals surface area contributed by atoms with E-state index in [0.717, 1.165) is 12.8 Å². The molecule has 1 saturated carbocycles. The summed E-state index contributed by atoms with van der Waals surface area (Å²) >= 11 is 0. The molecule has 0 aliphatic heterocycles. The lowest BCUT2D eigenvalue weighted by molar-refractivity contribution is -0.146. The van der Waals surface area contributed by atoms with Gasteiger partial charge in [-0.25, -0.2) is 4.79 Å². The van der Waals surface area contributed by atoms with Crippen molar-refractivity contribution in [2.24, 2.45) is 17.8 Å². The number of hydrogen-bond donors (Lipinski definition) is 2. The zero-order valence-corrected chi connectivity index (χ0v) is 16.4. The molecule has 4 nitrogen and oxygen atoms in total. The summed E-state index contributed by atoms with van der Waals surface area (Å²) in [6, 6.07) is 0. The summed E-state index contributed by atoms with van der Waals surface area (Å²) in [6.45, 7) is 4.52. The van der Waals surface area contributed by atoms with Gasteiger partial charge in [0.25, 0.3) is 0 Å². The second-order valence-corrected chi connectivity index (χ2v) is 7.68. The van der Waals surface area contributed by atoms with E-state index in [9.17, 15) is 14.7 Å². The molecule has 1 rings (SSSR count). The van der Waals surface area contributed by atoms with Gasteiger partial charge in [-0.15, -0.1) is 0 Å². The fourth-order valence-corrected chi connectivity index (χ4v) is 3.56. The fraction of sp³-hybridized carbons (Fsp3) is 0.727. The molecule has 26 heavy (non-hydrogen) atoms. The molecule has 0 aromatic rings. The lowest BCUT2D eigenvalue weighted by atomic mass is 9.90. The molecular weight excluding hydrogens is 328 g/mol. The third-order valence-electron chi connectivity index (χ3n) is 5.33. The number of hydrogen-bond acceptors (Lipinski definition) is 3. The minimum Gasteiger partial charge on any atom is -0.479 e. The molecule has 1 aliphatic carbocycles. The number of rotatable bonds is 13. The normalized spacial score (nSPS) is 23.1. The smallest absolute Gasteiger partial charge is 0.332 e. The number of allylic oxidation sites excluding steroid dienone is 4. The van der Waals surface area contributed by atoms with Crippen LogP contribution in [0.15, 0.2) is 24.3 Å². The van der Waals surface area contributed by atoms with Crippen LogP contribution in [0.25, 0.3) is 0 Å². The van der Waals surface area contributed by atoms with E-state index in [1.165, 1.54) is 25.7 Å². The average Bonchev–Trinajstić information content (AvgIpc) is 2.94. The van der Waals surface area contributed by atoms with Gasteiger partial charge in [-0.1, -0.05) is 63.8 Å². The van der Waals surface area contributed by atoms with Crippen LogP contribution in [0.5, 0.6) is 0 Å². The van der Waals surface area contributed by atoms with Gasteiger partial charge in [0.05, 0.1) is 0 Å². The van der Waals surface area contributed by atoms with Crippen LogP contribution in [0, 0.1) is 17.8 Å². The van der Waals surface area contributed by atoms with Crippen LogP contribution in [0.2, 0.25) is 0 Å². The Labute approximate surface area is 158 Å². The van der Waals surface area contributed by atoms with E-state index in [4.69, 9.17) is 5.11 Å². The minimum absolute atomic E-state index is 0.0577. The van der Waals surface area contributed by atoms with Gasteiger partial charge in [0, 0.05) is 12.3 Å². The average molecular weight is 365 g/mol. The summed E-state index contributed by atoms with van der Waals surface area (Å²) in [5.41, 5.74) is 0. The topological polar surface area (TPSA) is 74.6 Å². The predicted octanol–water partition coefficient (Wildman–Crippen LogP) is 4.92. The Kier molecular flexibility index (Phi) is 11.2. The molecule has 1 fully saturated rings. The molecule has 1 unspecified atom stereocenters. The summed E-state index contributed by atoms with van der Waals surface area (Å²) in [7, 11) is 0. The van der Waals surface area contributed by atoms with Crippen molar-refractivity contribution in [2.45, 2.75) is 84.2 Å². The van der Waals surface area contributed by atoms with Crippen molar-refractivity contribution >= 4 is 11.8 Å². The number of Topliss-reactive ketones (excluding diaryl/α,β-unsaturated/α-hetero) is 1. The van der Waals surface area contributed by atoms with E-state index in [1.807, 2.05) is 12.2 Å². The van der Waals surface area contributed by atoms with Crippen LogP contribution in [0.4, 0.5) is 0 Å². The van der Waals surface area contributed by atoms with Crippen LogP contribution in [0.1, 0.15) is 78.1 Å². The molecule has 148 valence electrons. The summed E-state index contributed by atoms with van der Waals surface area (Å²) in [5.74, 6) is 0.250. The first-order chi connectivity index (χ1) is 12.5. The Hall–Kier alpha value is -1.42. The predicted molar refractivity (Wildman–Crippen MR) is 105 cm³/mol. The Bertz CT molecular complexity index is 481. The van der Waals surface area contributed by atoms with Gasteiger partial charge in [-0.3, -0.25) is 4.79 Å². The summed E-state index contributed by atoms with van der Waals surface area (Å²) in [6.07, 6.45) is 16.3.